The molecule has 3 aromatic rings. The highest BCUT2D eigenvalue weighted by atomic mass is 32.1. The zero-order chi connectivity index (χ0) is 17.3. The van der Waals surface area contributed by atoms with Crippen LogP contribution in [0.4, 0.5) is 10.9 Å². The van der Waals surface area contributed by atoms with Crippen molar-refractivity contribution in [1.82, 2.24) is 20.3 Å². The van der Waals surface area contributed by atoms with Crippen LogP contribution in [0.2, 0.25) is 0 Å². The predicted molar refractivity (Wildman–Crippen MR) is 106 cm³/mol. The van der Waals surface area contributed by atoms with Crippen LogP contribution < -0.4 is 15.1 Å². The molecule has 0 atom stereocenters. The zero-order valence-corrected chi connectivity index (χ0v) is 15.5. The van der Waals surface area contributed by atoms with Crippen LogP contribution in [-0.2, 0) is 13.0 Å². The molecule has 2 aromatic heterocycles. The monoisotopic (exact) mass is 366 g/mol. The van der Waals surface area contributed by atoms with Crippen LogP contribution in [0.3, 0.4) is 0 Å². The Kier molecular flexibility index (Phi) is 4.18. The van der Waals surface area contributed by atoms with E-state index in [0.717, 1.165) is 74.3 Å². The molecule has 0 unspecified atom stereocenters. The normalized spacial score (nSPS) is 18.0. The van der Waals surface area contributed by atoms with Crippen LogP contribution in [0.5, 0.6) is 0 Å². The predicted octanol–water partition coefficient (Wildman–Crippen LogP) is 2.45. The van der Waals surface area contributed by atoms with Gasteiger partial charge in [0.1, 0.15) is 12.1 Å². The standard InChI is InChI=1S/C19H22N6S/c1-2-5-17-15(4-1)23-19(26-17)25-9-3-8-24(10-11-25)18-14-6-7-20-12-16(14)21-13-22-18/h1-2,4-5,13,20H,3,6-12H2. The van der Waals surface area contributed by atoms with Gasteiger partial charge in [0.15, 0.2) is 5.13 Å². The van der Waals surface area contributed by atoms with E-state index >= 15 is 0 Å². The first kappa shape index (κ1) is 16.0. The van der Waals surface area contributed by atoms with Gasteiger partial charge >= 0.3 is 0 Å². The van der Waals surface area contributed by atoms with Crippen molar-refractivity contribution in [3.8, 4) is 0 Å². The largest absolute Gasteiger partial charge is 0.354 e. The van der Waals surface area contributed by atoms with Gasteiger partial charge in [0.2, 0.25) is 0 Å². The van der Waals surface area contributed by atoms with Gasteiger partial charge in [0, 0.05) is 38.3 Å². The summed E-state index contributed by atoms with van der Waals surface area (Å²) in [5.74, 6) is 1.14. The number of fused-ring (bicyclic) bond motifs is 2. The second-order valence-corrected chi connectivity index (χ2v) is 7.85. The number of hydrogen-bond donors (Lipinski definition) is 1. The van der Waals surface area contributed by atoms with E-state index in [2.05, 4.69) is 49.4 Å². The second kappa shape index (κ2) is 6.81. The summed E-state index contributed by atoms with van der Waals surface area (Å²) >= 11 is 1.80. The van der Waals surface area contributed by atoms with Gasteiger partial charge in [-0.3, -0.25) is 0 Å². The number of rotatable bonds is 2. The van der Waals surface area contributed by atoms with E-state index in [1.54, 1.807) is 17.7 Å². The molecule has 26 heavy (non-hydrogen) atoms. The SMILES string of the molecule is c1ccc2sc(N3CCCN(c4ncnc5c4CCNC5)CC3)nc2c1. The minimum Gasteiger partial charge on any atom is -0.354 e. The molecule has 134 valence electrons. The molecule has 5 rings (SSSR count). The maximum atomic E-state index is 4.84. The van der Waals surface area contributed by atoms with Crippen LogP contribution >= 0.6 is 11.3 Å². The van der Waals surface area contributed by atoms with Crippen molar-refractivity contribution in [3.05, 3.63) is 41.9 Å². The number of hydrogen-bond acceptors (Lipinski definition) is 7. The molecule has 6 nitrogen and oxygen atoms in total. The van der Waals surface area contributed by atoms with Gasteiger partial charge in [0.05, 0.1) is 15.9 Å². The number of nitrogens with one attached hydrogen (secondary N) is 1. The number of benzene rings is 1. The van der Waals surface area contributed by atoms with E-state index < -0.39 is 0 Å². The molecule has 0 amide bonds. The van der Waals surface area contributed by atoms with Crippen molar-refractivity contribution >= 4 is 32.5 Å². The Labute approximate surface area is 156 Å². The van der Waals surface area contributed by atoms with Crippen molar-refractivity contribution in [3.63, 3.8) is 0 Å². The first-order valence-electron chi connectivity index (χ1n) is 9.27. The van der Waals surface area contributed by atoms with E-state index in [9.17, 15) is 0 Å². The lowest BCUT2D eigenvalue weighted by Gasteiger charge is -2.27. The number of aromatic nitrogens is 3. The van der Waals surface area contributed by atoms with Crippen molar-refractivity contribution in [2.24, 2.45) is 0 Å². The Bertz CT molecular complexity index is 890. The Morgan fingerprint density at radius 2 is 1.88 bits per heavy atom. The fraction of sp³-hybridized carbons (Fsp3) is 0.421. The summed E-state index contributed by atoms with van der Waals surface area (Å²) in [5, 5.41) is 4.54. The first-order valence-corrected chi connectivity index (χ1v) is 10.1. The maximum Gasteiger partial charge on any atom is 0.186 e. The molecule has 1 saturated heterocycles. The number of nitrogens with zero attached hydrogens (tertiary/aromatic N) is 5. The number of thiazole rings is 1. The maximum absolute atomic E-state index is 4.84. The summed E-state index contributed by atoms with van der Waals surface area (Å²) < 4.78 is 1.26. The third-order valence-electron chi connectivity index (χ3n) is 5.20. The third kappa shape index (κ3) is 2.91. The third-order valence-corrected chi connectivity index (χ3v) is 6.30. The Hall–Kier alpha value is -2.25. The number of anilines is 2. The smallest absolute Gasteiger partial charge is 0.186 e. The van der Waals surface area contributed by atoms with Crippen molar-refractivity contribution in [2.75, 3.05) is 42.5 Å². The molecular formula is C19H22N6S. The molecule has 0 bridgehead atoms. The summed E-state index contributed by atoms with van der Waals surface area (Å²) in [5.41, 5.74) is 3.60. The molecule has 0 radical (unpaired) electrons. The zero-order valence-electron chi connectivity index (χ0n) is 14.7. The van der Waals surface area contributed by atoms with Gasteiger partial charge in [-0.1, -0.05) is 23.5 Å². The molecular weight excluding hydrogens is 344 g/mol. The topological polar surface area (TPSA) is 57.2 Å². The van der Waals surface area contributed by atoms with Crippen LogP contribution in [0.1, 0.15) is 17.7 Å². The molecule has 0 saturated carbocycles. The van der Waals surface area contributed by atoms with E-state index in [1.165, 1.54) is 10.3 Å². The Morgan fingerprint density at radius 3 is 2.85 bits per heavy atom. The highest BCUT2D eigenvalue weighted by Gasteiger charge is 2.23. The molecule has 0 aliphatic carbocycles. The lowest BCUT2D eigenvalue weighted by atomic mass is 10.1. The fourth-order valence-corrected chi connectivity index (χ4v) is 4.87. The average Bonchev–Trinajstić information content (AvgIpc) is 2.97. The van der Waals surface area contributed by atoms with Crippen molar-refractivity contribution in [2.45, 2.75) is 19.4 Å². The van der Waals surface area contributed by atoms with E-state index in [4.69, 9.17) is 4.98 Å². The van der Waals surface area contributed by atoms with Gasteiger partial charge in [-0.05, 0) is 31.5 Å². The molecule has 1 N–H and O–H groups in total. The molecule has 0 spiro atoms. The second-order valence-electron chi connectivity index (χ2n) is 6.84. The van der Waals surface area contributed by atoms with Gasteiger partial charge in [-0.2, -0.15) is 0 Å². The van der Waals surface area contributed by atoms with E-state index in [0.29, 0.717) is 0 Å². The summed E-state index contributed by atoms with van der Waals surface area (Å²) in [6.07, 6.45) is 3.86. The molecule has 2 aliphatic heterocycles. The minimum absolute atomic E-state index is 0.858. The van der Waals surface area contributed by atoms with E-state index in [1.807, 2.05) is 0 Å². The summed E-state index contributed by atoms with van der Waals surface area (Å²) in [4.78, 5) is 18.8. The average molecular weight is 366 g/mol. The van der Waals surface area contributed by atoms with Crippen LogP contribution in [0, 0.1) is 0 Å². The Morgan fingerprint density at radius 1 is 1.00 bits per heavy atom. The minimum atomic E-state index is 0.858. The van der Waals surface area contributed by atoms with Gasteiger partial charge in [-0.25, -0.2) is 15.0 Å². The molecule has 1 aromatic carbocycles. The Balaban J connectivity index is 1.37. The number of para-hydroxylation sites is 1. The molecule has 2 aliphatic rings. The van der Waals surface area contributed by atoms with Gasteiger partial charge in [-0.15, -0.1) is 0 Å². The summed E-state index contributed by atoms with van der Waals surface area (Å²) in [6, 6.07) is 8.40. The lowest BCUT2D eigenvalue weighted by molar-refractivity contribution is 0.618. The summed E-state index contributed by atoms with van der Waals surface area (Å²) in [7, 11) is 0. The molecule has 7 heteroatoms. The highest BCUT2D eigenvalue weighted by Crippen LogP contribution is 2.30. The molecule has 4 heterocycles. The van der Waals surface area contributed by atoms with Gasteiger partial charge in [0.25, 0.3) is 0 Å². The van der Waals surface area contributed by atoms with E-state index in [-0.39, 0.29) is 0 Å². The fourth-order valence-electron chi connectivity index (χ4n) is 3.86. The van der Waals surface area contributed by atoms with Crippen molar-refractivity contribution in [1.29, 1.82) is 0 Å². The van der Waals surface area contributed by atoms with Gasteiger partial charge < -0.3 is 15.1 Å². The lowest BCUT2D eigenvalue weighted by Crippen LogP contribution is -2.34. The first-order chi connectivity index (χ1) is 12.9. The van der Waals surface area contributed by atoms with Crippen LogP contribution in [0.15, 0.2) is 30.6 Å². The quantitative estimate of drug-likeness (QED) is 0.752. The highest BCUT2D eigenvalue weighted by molar-refractivity contribution is 7.22. The van der Waals surface area contributed by atoms with Crippen LogP contribution in [0.25, 0.3) is 10.2 Å². The van der Waals surface area contributed by atoms with Crippen LogP contribution in [-0.4, -0.2) is 47.7 Å². The van der Waals surface area contributed by atoms with Crippen molar-refractivity contribution < 1.29 is 0 Å². The molecule has 1 fully saturated rings. The summed E-state index contributed by atoms with van der Waals surface area (Å²) in [6.45, 7) is 5.92.